The van der Waals surface area contributed by atoms with Crippen LogP contribution in [0.25, 0.3) is 10.9 Å². The molecule has 0 bridgehead atoms. The van der Waals surface area contributed by atoms with Crippen molar-refractivity contribution in [3.63, 3.8) is 0 Å². The lowest BCUT2D eigenvalue weighted by Gasteiger charge is -2.05. The van der Waals surface area contributed by atoms with E-state index in [1.807, 2.05) is 0 Å². The summed E-state index contributed by atoms with van der Waals surface area (Å²) in [7, 11) is 0. The smallest absolute Gasteiger partial charge is 0.198 e. The normalized spacial score (nSPS) is 11.0. The monoisotopic (exact) mass is 290 g/mol. The summed E-state index contributed by atoms with van der Waals surface area (Å²) in [6.45, 7) is 0. The minimum Gasteiger partial charge on any atom is -0.396 e. The van der Waals surface area contributed by atoms with Crippen LogP contribution in [-0.2, 0) is 0 Å². The predicted octanol–water partition coefficient (Wildman–Crippen LogP) is 3.40. The van der Waals surface area contributed by atoms with Crippen molar-refractivity contribution in [1.29, 1.82) is 0 Å². The summed E-state index contributed by atoms with van der Waals surface area (Å²) in [5.41, 5.74) is 4.94. The summed E-state index contributed by atoms with van der Waals surface area (Å²) in [6.07, 6.45) is 1.33. The lowest BCUT2D eigenvalue weighted by atomic mass is 10.0. The second-order valence-electron chi connectivity index (χ2n) is 4.58. The average Bonchev–Trinajstić information content (AvgIpc) is 2.85. The zero-order valence-corrected chi connectivity index (χ0v) is 10.6. The maximum Gasteiger partial charge on any atom is 0.198 e. The van der Waals surface area contributed by atoms with E-state index in [1.54, 1.807) is 0 Å². The van der Waals surface area contributed by atoms with E-state index in [0.29, 0.717) is 10.9 Å². The topological polar surface area (TPSA) is 58.9 Å². The molecule has 0 aliphatic carbocycles. The van der Waals surface area contributed by atoms with Crippen molar-refractivity contribution < 1.29 is 18.0 Å². The molecule has 2 aromatic carbocycles. The fourth-order valence-electron chi connectivity index (χ4n) is 2.20. The summed E-state index contributed by atoms with van der Waals surface area (Å²) in [4.78, 5) is 15.1. The average molecular weight is 290 g/mol. The Bertz CT molecular complexity index is 871. The SMILES string of the molecule is Nc1cc(F)cc(C(=O)c2c[nH]c3ccc(F)cc23)c1F. The van der Waals surface area contributed by atoms with Crippen LogP contribution in [0.15, 0.2) is 36.5 Å². The van der Waals surface area contributed by atoms with Gasteiger partial charge in [-0.1, -0.05) is 0 Å². The van der Waals surface area contributed by atoms with Gasteiger partial charge in [0.05, 0.1) is 11.3 Å². The number of aromatic nitrogens is 1. The van der Waals surface area contributed by atoms with E-state index in [2.05, 4.69) is 4.98 Å². The molecule has 3 nitrogen and oxygen atoms in total. The van der Waals surface area contributed by atoms with E-state index in [9.17, 15) is 18.0 Å². The highest BCUT2D eigenvalue weighted by molar-refractivity contribution is 6.16. The van der Waals surface area contributed by atoms with Crippen molar-refractivity contribution in [1.82, 2.24) is 4.98 Å². The number of ketones is 1. The molecule has 0 saturated heterocycles. The molecule has 0 spiro atoms. The minimum absolute atomic E-state index is 0.0494. The highest BCUT2D eigenvalue weighted by Gasteiger charge is 2.20. The van der Waals surface area contributed by atoms with Crippen LogP contribution < -0.4 is 5.73 Å². The molecule has 3 aromatic rings. The van der Waals surface area contributed by atoms with E-state index in [4.69, 9.17) is 5.73 Å². The Morgan fingerprint density at radius 3 is 2.52 bits per heavy atom. The molecule has 21 heavy (non-hydrogen) atoms. The summed E-state index contributed by atoms with van der Waals surface area (Å²) < 4.78 is 40.5. The van der Waals surface area contributed by atoms with Gasteiger partial charge in [-0.3, -0.25) is 4.79 Å². The first-order valence-electron chi connectivity index (χ1n) is 6.03. The Balaban J connectivity index is 2.19. The number of H-pyrrole nitrogens is 1. The predicted molar refractivity (Wildman–Crippen MR) is 72.5 cm³/mol. The molecule has 6 heteroatoms. The quantitative estimate of drug-likeness (QED) is 0.561. The second kappa shape index (κ2) is 4.66. The largest absolute Gasteiger partial charge is 0.396 e. The highest BCUT2D eigenvalue weighted by atomic mass is 19.1. The Kier molecular flexibility index (Phi) is 2.94. The maximum atomic E-state index is 13.9. The van der Waals surface area contributed by atoms with Gasteiger partial charge in [0, 0.05) is 22.7 Å². The van der Waals surface area contributed by atoms with Crippen LogP contribution in [0.1, 0.15) is 15.9 Å². The van der Waals surface area contributed by atoms with Gasteiger partial charge in [-0.15, -0.1) is 0 Å². The third-order valence-electron chi connectivity index (χ3n) is 3.20. The molecular weight excluding hydrogens is 281 g/mol. The molecule has 0 saturated carbocycles. The summed E-state index contributed by atoms with van der Waals surface area (Å²) >= 11 is 0. The van der Waals surface area contributed by atoms with E-state index in [1.165, 1.54) is 18.3 Å². The molecule has 0 amide bonds. The first-order valence-corrected chi connectivity index (χ1v) is 6.03. The number of nitrogens with one attached hydrogen (secondary N) is 1. The molecule has 0 atom stereocenters. The third kappa shape index (κ3) is 2.14. The van der Waals surface area contributed by atoms with Crippen molar-refractivity contribution in [3.05, 3.63) is 65.1 Å². The standard InChI is InChI=1S/C15H9F3N2O/c16-7-1-2-13-9(3-7)11(6-20-13)15(21)10-4-8(17)5-12(19)14(10)18/h1-6,20H,19H2. The number of carbonyl (C=O) groups is 1. The fourth-order valence-corrected chi connectivity index (χ4v) is 2.20. The number of hydrogen-bond donors (Lipinski definition) is 2. The number of rotatable bonds is 2. The molecule has 0 aliphatic heterocycles. The van der Waals surface area contributed by atoms with E-state index in [-0.39, 0.29) is 5.56 Å². The zero-order valence-electron chi connectivity index (χ0n) is 10.6. The molecule has 0 unspecified atom stereocenters. The van der Waals surface area contributed by atoms with Gasteiger partial charge in [0.1, 0.15) is 11.6 Å². The number of halogens is 3. The van der Waals surface area contributed by atoms with Gasteiger partial charge in [-0.05, 0) is 30.3 Å². The highest BCUT2D eigenvalue weighted by Crippen LogP contribution is 2.25. The van der Waals surface area contributed by atoms with Crippen LogP contribution in [0.2, 0.25) is 0 Å². The van der Waals surface area contributed by atoms with Gasteiger partial charge >= 0.3 is 0 Å². The van der Waals surface area contributed by atoms with Crippen LogP contribution in [0.3, 0.4) is 0 Å². The molecule has 0 aliphatic rings. The molecular formula is C15H9F3N2O. The third-order valence-corrected chi connectivity index (χ3v) is 3.20. The van der Waals surface area contributed by atoms with Crippen molar-refractivity contribution in [3.8, 4) is 0 Å². The van der Waals surface area contributed by atoms with Gasteiger partial charge < -0.3 is 10.7 Å². The Hall–Kier alpha value is -2.76. The number of nitrogens with two attached hydrogens (primary N) is 1. The number of aromatic amines is 1. The lowest BCUT2D eigenvalue weighted by Crippen LogP contribution is -2.07. The van der Waals surface area contributed by atoms with Crippen LogP contribution in [-0.4, -0.2) is 10.8 Å². The lowest BCUT2D eigenvalue weighted by molar-refractivity contribution is 0.103. The van der Waals surface area contributed by atoms with E-state index in [0.717, 1.165) is 18.2 Å². The number of hydrogen-bond acceptors (Lipinski definition) is 2. The Morgan fingerprint density at radius 1 is 1.00 bits per heavy atom. The molecule has 3 rings (SSSR count). The van der Waals surface area contributed by atoms with Gasteiger partial charge in [0.15, 0.2) is 11.6 Å². The molecule has 106 valence electrons. The molecule has 1 aromatic heterocycles. The van der Waals surface area contributed by atoms with Crippen molar-refractivity contribution in [2.45, 2.75) is 0 Å². The first-order chi connectivity index (χ1) is 9.97. The van der Waals surface area contributed by atoms with Crippen LogP contribution in [0.4, 0.5) is 18.9 Å². The van der Waals surface area contributed by atoms with Gasteiger partial charge in [0.2, 0.25) is 0 Å². The minimum atomic E-state index is -0.993. The Labute approximate surface area is 117 Å². The fraction of sp³-hybridized carbons (Fsp3) is 0. The van der Waals surface area contributed by atoms with Gasteiger partial charge in [-0.25, -0.2) is 13.2 Å². The molecule has 0 radical (unpaired) electrons. The number of benzene rings is 2. The van der Waals surface area contributed by atoms with Crippen LogP contribution >= 0.6 is 0 Å². The number of nitrogen functional groups attached to an aromatic ring is 1. The van der Waals surface area contributed by atoms with Crippen LogP contribution in [0.5, 0.6) is 0 Å². The second-order valence-corrected chi connectivity index (χ2v) is 4.58. The zero-order chi connectivity index (χ0) is 15.1. The summed E-state index contributed by atoms with van der Waals surface area (Å²) in [5.74, 6) is -3.11. The maximum absolute atomic E-state index is 13.9. The van der Waals surface area contributed by atoms with Crippen LogP contribution in [0, 0.1) is 17.5 Å². The van der Waals surface area contributed by atoms with Gasteiger partial charge in [-0.2, -0.15) is 0 Å². The van der Waals surface area contributed by atoms with Crippen molar-refractivity contribution >= 4 is 22.4 Å². The number of carbonyl (C=O) groups excluding carboxylic acids is 1. The molecule has 0 fully saturated rings. The number of anilines is 1. The van der Waals surface area contributed by atoms with E-state index < -0.39 is 34.5 Å². The van der Waals surface area contributed by atoms with Crippen molar-refractivity contribution in [2.75, 3.05) is 5.73 Å². The van der Waals surface area contributed by atoms with E-state index >= 15 is 0 Å². The molecule has 3 N–H and O–H groups in total. The molecule has 1 heterocycles. The summed E-state index contributed by atoms with van der Waals surface area (Å²) in [5, 5.41) is 0.294. The summed E-state index contributed by atoms with van der Waals surface area (Å²) in [6, 6.07) is 5.40. The number of fused-ring (bicyclic) bond motifs is 1. The first kappa shape index (κ1) is 13.2. The Morgan fingerprint density at radius 2 is 1.76 bits per heavy atom. The van der Waals surface area contributed by atoms with Crippen molar-refractivity contribution in [2.24, 2.45) is 0 Å². The van der Waals surface area contributed by atoms with Gasteiger partial charge in [0.25, 0.3) is 0 Å².